The van der Waals surface area contributed by atoms with Crippen molar-refractivity contribution in [2.45, 2.75) is 58.6 Å². The molecule has 1 aliphatic heterocycles. The third kappa shape index (κ3) is 4.13. The summed E-state index contributed by atoms with van der Waals surface area (Å²) in [5, 5.41) is 0. The van der Waals surface area contributed by atoms with E-state index in [0.717, 1.165) is 42.6 Å². The summed E-state index contributed by atoms with van der Waals surface area (Å²) < 4.78 is 5.49. The average molecular weight is 290 g/mol. The summed E-state index contributed by atoms with van der Waals surface area (Å²) in [6, 6.07) is 6.31. The summed E-state index contributed by atoms with van der Waals surface area (Å²) in [4.78, 5) is 14.1. The number of amides is 1. The van der Waals surface area contributed by atoms with Crippen molar-refractivity contribution < 1.29 is 9.53 Å². The SMILES string of the molecule is Cc1ccc(CC2CCCN2C(=O)OC(C)(C)C)c(N)c1. The number of hydrogen-bond acceptors (Lipinski definition) is 3. The van der Waals surface area contributed by atoms with Gasteiger partial charge < -0.3 is 15.4 Å². The Hall–Kier alpha value is -1.71. The van der Waals surface area contributed by atoms with Crippen LogP contribution in [0.5, 0.6) is 0 Å². The molecule has 4 heteroatoms. The Morgan fingerprint density at radius 2 is 2.14 bits per heavy atom. The summed E-state index contributed by atoms with van der Waals surface area (Å²) in [6.07, 6.45) is 2.61. The van der Waals surface area contributed by atoms with E-state index >= 15 is 0 Å². The molecule has 1 aliphatic rings. The molecular formula is C17H26N2O2. The number of benzene rings is 1. The van der Waals surface area contributed by atoms with Gasteiger partial charge in [0.15, 0.2) is 0 Å². The smallest absolute Gasteiger partial charge is 0.410 e. The van der Waals surface area contributed by atoms with Crippen LogP contribution in [-0.2, 0) is 11.2 Å². The minimum absolute atomic E-state index is 0.185. The molecule has 0 radical (unpaired) electrons. The largest absolute Gasteiger partial charge is 0.444 e. The molecule has 1 aromatic rings. The Morgan fingerprint density at radius 1 is 1.43 bits per heavy atom. The molecule has 116 valence electrons. The fourth-order valence-corrected chi connectivity index (χ4v) is 2.76. The number of carbonyl (C=O) groups excluding carboxylic acids is 1. The molecule has 1 amide bonds. The first-order valence-electron chi connectivity index (χ1n) is 7.61. The van der Waals surface area contributed by atoms with Crippen LogP contribution in [0.4, 0.5) is 10.5 Å². The first-order chi connectivity index (χ1) is 9.76. The molecule has 1 atom stereocenters. The molecule has 1 saturated heterocycles. The lowest BCUT2D eigenvalue weighted by Crippen LogP contribution is -2.40. The van der Waals surface area contributed by atoms with Crippen LogP contribution in [-0.4, -0.2) is 29.2 Å². The maximum Gasteiger partial charge on any atom is 0.410 e. The van der Waals surface area contributed by atoms with Crippen molar-refractivity contribution in [2.75, 3.05) is 12.3 Å². The second kappa shape index (κ2) is 5.96. The second-order valence-electron chi connectivity index (χ2n) is 6.88. The van der Waals surface area contributed by atoms with E-state index in [2.05, 4.69) is 12.1 Å². The average Bonchev–Trinajstić information content (AvgIpc) is 2.79. The first-order valence-corrected chi connectivity index (χ1v) is 7.61. The Kier molecular flexibility index (Phi) is 4.45. The van der Waals surface area contributed by atoms with Crippen LogP contribution < -0.4 is 5.73 Å². The Balaban J connectivity index is 2.06. The number of nitrogens with zero attached hydrogens (tertiary/aromatic N) is 1. The number of ether oxygens (including phenoxy) is 1. The lowest BCUT2D eigenvalue weighted by molar-refractivity contribution is 0.0227. The van der Waals surface area contributed by atoms with E-state index in [4.69, 9.17) is 10.5 Å². The van der Waals surface area contributed by atoms with Crippen molar-refractivity contribution in [2.24, 2.45) is 0 Å². The van der Waals surface area contributed by atoms with Gasteiger partial charge in [0.2, 0.25) is 0 Å². The summed E-state index contributed by atoms with van der Waals surface area (Å²) in [6.45, 7) is 8.49. The van der Waals surface area contributed by atoms with E-state index in [-0.39, 0.29) is 12.1 Å². The highest BCUT2D eigenvalue weighted by atomic mass is 16.6. The number of aryl methyl sites for hydroxylation is 1. The summed E-state index contributed by atoms with van der Waals surface area (Å²) in [5.41, 5.74) is 8.72. The van der Waals surface area contributed by atoms with Crippen LogP contribution >= 0.6 is 0 Å². The minimum atomic E-state index is -0.451. The first kappa shape index (κ1) is 15.7. The van der Waals surface area contributed by atoms with Gasteiger partial charge in [-0.3, -0.25) is 0 Å². The predicted molar refractivity (Wildman–Crippen MR) is 85.3 cm³/mol. The van der Waals surface area contributed by atoms with Gasteiger partial charge in [-0.05, 0) is 64.2 Å². The molecule has 0 spiro atoms. The monoisotopic (exact) mass is 290 g/mol. The molecule has 0 saturated carbocycles. The number of carbonyl (C=O) groups is 1. The maximum absolute atomic E-state index is 12.3. The van der Waals surface area contributed by atoms with Crippen LogP contribution in [0.15, 0.2) is 18.2 Å². The number of anilines is 1. The van der Waals surface area contributed by atoms with Crippen molar-refractivity contribution in [3.8, 4) is 0 Å². The molecule has 0 aliphatic carbocycles. The topological polar surface area (TPSA) is 55.6 Å². The van der Waals surface area contributed by atoms with E-state index in [9.17, 15) is 4.79 Å². The van der Waals surface area contributed by atoms with Crippen LogP contribution in [0, 0.1) is 6.92 Å². The number of nitrogens with two attached hydrogens (primary N) is 1. The molecular weight excluding hydrogens is 264 g/mol. The van der Waals surface area contributed by atoms with Gasteiger partial charge in [0, 0.05) is 18.3 Å². The lowest BCUT2D eigenvalue weighted by atomic mass is 10.0. The van der Waals surface area contributed by atoms with Crippen LogP contribution in [0.1, 0.15) is 44.7 Å². The number of nitrogen functional groups attached to an aromatic ring is 1. The van der Waals surface area contributed by atoms with Gasteiger partial charge in [-0.1, -0.05) is 12.1 Å². The quantitative estimate of drug-likeness (QED) is 0.848. The Bertz CT molecular complexity index is 520. The number of rotatable bonds is 2. The molecule has 0 aromatic heterocycles. The summed E-state index contributed by atoms with van der Waals surface area (Å²) >= 11 is 0. The molecule has 1 fully saturated rings. The molecule has 1 aromatic carbocycles. The Labute approximate surface area is 127 Å². The number of likely N-dealkylation sites (tertiary alicyclic amines) is 1. The van der Waals surface area contributed by atoms with Crippen LogP contribution in [0.25, 0.3) is 0 Å². The van der Waals surface area contributed by atoms with Gasteiger partial charge in [-0.2, -0.15) is 0 Å². The van der Waals surface area contributed by atoms with Crippen molar-refractivity contribution >= 4 is 11.8 Å². The standard InChI is InChI=1S/C17H26N2O2/c1-12-7-8-13(15(18)10-12)11-14-6-5-9-19(14)16(20)21-17(2,3)4/h7-8,10,14H,5-6,9,11,18H2,1-4H3. The highest BCUT2D eigenvalue weighted by Crippen LogP contribution is 2.26. The van der Waals surface area contributed by atoms with E-state index < -0.39 is 5.60 Å². The molecule has 1 heterocycles. The van der Waals surface area contributed by atoms with Gasteiger partial charge in [0.05, 0.1) is 0 Å². The third-order valence-electron chi connectivity index (χ3n) is 3.76. The zero-order valence-corrected chi connectivity index (χ0v) is 13.5. The molecule has 4 nitrogen and oxygen atoms in total. The van der Waals surface area contributed by atoms with Crippen LogP contribution in [0.2, 0.25) is 0 Å². The maximum atomic E-state index is 12.3. The predicted octanol–water partition coefficient (Wildman–Crippen LogP) is 3.52. The van der Waals surface area contributed by atoms with Gasteiger partial charge in [0.25, 0.3) is 0 Å². The zero-order chi connectivity index (χ0) is 15.6. The second-order valence-corrected chi connectivity index (χ2v) is 6.88. The van der Waals surface area contributed by atoms with Crippen molar-refractivity contribution in [3.05, 3.63) is 29.3 Å². The number of hydrogen-bond donors (Lipinski definition) is 1. The van der Waals surface area contributed by atoms with E-state index in [1.54, 1.807) is 0 Å². The Morgan fingerprint density at radius 3 is 2.76 bits per heavy atom. The highest BCUT2D eigenvalue weighted by Gasteiger charge is 2.32. The van der Waals surface area contributed by atoms with Crippen LogP contribution in [0.3, 0.4) is 0 Å². The summed E-state index contributed by atoms with van der Waals surface area (Å²) in [5.74, 6) is 0. The summed E-state index contributed by atoms with van der Waals surface area (Å²) in [7, 11) is 0. The van der Waals surface area contributed by atoms with Crippen molar-refractivity contribution in [3.63, 3.8) is 0 Å². The third-order valence-corrected chi connectivity index (χ3v) is 3.76. The van der Waals surface area contributed by atoms with E-state index in [0.29, 0.717) is 0 Å². The van der Waals surface area contributed by atoms with Gasteiger partial charge in [-0.15, -0.1) is 0 Å². The van der Waals surface area contributed by atoms with E-state index in [1.165, 1.54) is 0 Å². The fraction of sp³-hybridized carbons (Fsp3) is 0.588. The van der Waals surface area contributed by atoms with Gasteiger partial charge in [0.1, 0.15) is 5.60 Å². The molecule has 1 unspecified atom stereocenters. The fourth-order valence-electron chi connectivity index (χ4n) is 2.76. The van der Waals surface area contributed by atoms with Gasteiger partial charge in [-0.25, -0.2) is 4.79 Å². The van der Waals surface area contributed by atoms with Crippen molar-refractivity contribution in [1.29, 1.82) is 0 Å². The van der Waals surface area contributed by atoms with Crippen molar-refractivity contribution in [1.82, 2.24) is 4.90 Å². The van der Waals surface area contributed by atoms with E-state index in [1.807, 2.05) is 38.7 Å². The lowest BCUT2D eigenvalue weighted by Gasteiger charge is -2.29. The minimum Gasteiger partial charge on any atom is -0.444 e. The molecule has 0 bridgehead atoms. The van der Waals surface area contributed by atoms with Gasteiger partial charge >= 0.3 is 6.09 Å². The normalized spacial score (nSPS) is 18.9. The molecule has 21 heavy (non-hydrogen) atoms. The molecule has 2 rings (SSSR count). The molecule has 2 N–H and O–H groups in total. The zero-order valence-electron chi connectivity index (χ0n) is 13.5. The highest BCUT2D eigenvalue weighted by molar-refractivity contribution is 5.69.